The Bertz CT molecular complexity index is 668. The van der Waals surface area contributed by atoms with Crippen molar-refractivity contribution in [3.05, 3.63) is 57.6 Å². The van der Waals surface area contributed by atoms with Crippen LogP contribution < -0.4 is 9.47 Å². The molecule has 0 aliphatic carbocycles. The highest BCUT2D eigenvalue weighted by Gasteiger charge is 2.22. The third-order valence-corrected chi connectivity index (χ3v) is 3.66. The van der Waals surface area contributed by atoms with Gasteiger partial charge in [0.2, 0.25) is 0 Å². The summed E-state index contributed by atoms with van der Waals surface area (Å²) in [5.74, 6) is -0.627. The summed E-state index contributed by atoms with van der Waals surface area (Å²) in [6.07, 6.45) is -1.42. The van der Waals surface area contributed by atoms with Crippen molar-refractivity contribution in [2.75, 3.05) is 13.2 Å². The topological polar surface area (TPSA) is 38.7 Å². The van der Waals surface area contributed by atoms with E-state index in [0.717, 1.165) is 12.1 Å². The van der Waals surface area contributed by atoms with E-state index in [-0.39, 0.29) is 4.47 Å². The van der Waals surface area contributed by atoms with Crippen LogP contribution in [0, 0.1) is 11.6 Å². The lowest BCUT2D eigenvalue weighted by atomic mass is 10.00. The van der Waals surface area contributed by atoms with Crippen LogP contribution in [0.15, 0.2) is 34.8 Å². The second kappa shape index (κ2) is 5.61. The monoisotopic (exact) mass is 356 g/mol. The van der Waals surface area contributed by atoms with Gasteiger partial charge in [0, 0.05) is 4.47 Å². The van der Waals surface area contributed by atoms with Crippen LogP contribution in [-0.4, -0.2) is 18.3 Å². The van der Waals surface area contributed by atoms with Gasteiger partial charge in [-0.25, -0.2) is 8.78 Å². The van der Waals surface area contributed by atoms with Crippen molar-refractivity contribution in [3.8, 4) is 11.5 Å². The van der Waals surface area contributed by atoms with Crippen molar-refractivity contribution in [3.63, 3.8) is 0 Å². The van der Waals surface area contributed by atoms with Crippen molar-refractivity contribution >= 4 is 15.9 Å². The SMILES string of the molecule is OC(c1ccc2c(c1)OCCO2)c1c(F)cc(Br)cc1F. The number of fused-ring (bicyclic) bond motifs is 1. The Balaban J connectivity index is 2.01. The number of aliphatic hydroxyl groups excluding tert-OH is 1. The summed E-state index contributed by atoms with van der Waals surface area (Å²) in [4.78, 5) is 0. The second-order valence-corrected chi connectivity index (χ2v) is 5.50. The van der Waals surface area contributed by atoms with Crippen LogP contribution in [-0.2, 0) is 0 Å². The lowest BCUT2D eigenvalue weighted by Gasteiger charge is -2.20. The Morgan fingerprint density at radius 3 is 2.29 bits per heavy atom. The summed E-state index contributed by atoms with van der Waals surface area (Å²) in [7, 11) is 0. The Labute approximate surface area is 128 Å². The molecule has 0 saturated heterocycles. The number of halogens is 3. The molecule has 3 rings (SSSR count). The van der Waals surface area contributed by atoms with Crippen LogP contribution in [0.3, 0.4) is 0 Å². The maximum Gasteiger partial charge on any atom is 0.161 e. The lowest BCUT2D eigenvalue weighted by Crippen LogP contribution is -2.16. The Morgan fingerprint density at radius 1 is 1.00 bits per heavy atom. The van der Waals surface area contributed by atoms with E-state index in [9.17, 15) is 13.9 Å². The van der Waals surface area contributed by atoms with Gasteiger partial charge >= 0.3 is 0 Å². The molecule has 110 valence electrons. The van der Waals surface area contributed by atoms with Gasteiger partial charge in [-0.15, -0.1) is 0 Å². The highest BCUT2D eigenvalue weighted by atomic mass is 79.9. The maximum absolute atomic E-state index is 13.9. The zero-order valence-electron chi connectivity index (χ0n) is 10.8. The maximum atomic E-state index is 13.9. The zero-order valence-corrected chi connectivity index (χ0v) is 12.4. The number of aliphatic hydroxyl groups is 1. The molecule has 0 amide bonds. The number of benzene rings is 2. The fourth-order valence-corrected chi connectivity index (χ4v) is 2.61. The summed E-state index contributed by atoms with van der Waals surface area (Å²) < 4.78 is 38.8. The van der Waals surface area contributed by atoms with Crippen LogP contribution in [0.25, 0.3) is 0 Å². The van der Waals surface area contributed by atoms with E-state index in [1.807, 2.05) is 0 Å². The van der Waals surface area contributed by atoms with Crippen LogP contribution in [0.2, 0.25) is 0 Å². The number of hydrogen-bond acceptors (Lipinski definition) is 3. The molecule has 3 nitrogen and oxygen atoms in total. The van der Waals surface area contributed by atoms with Crippen molar-refractivity contribution in [2.24, 2.45) is 0 Å². The fourth-order valence-electron chi connectivity index (χ4n) is 2.21. The molecule has 1 aliphatic heterocycles. The molecule has 1 atom stereocenters. The van der Waals surface area contributed by atoms with E-state index in [1.165, 1.54) is 6.07 Å². The van der Waals surface area contributed by atoms with Crippen molar-refractivity contribution in [2.45, 2.75) is 6.10 Å². The molecule has 0 saturated carbocycles. The molecule has 0 bridgehead atoms. The third-order valence-electron chi connectivity index (χ3n) is 3.20. The summed E-state index contributed by atoms with van der Waals surface area (Å²) in [6, 6.07) is 6.92. The molecule has 1 heterocycles. The van der Waals surface area contributed by atoms with Crippen molar-refractivity contribution in [1.29, 1.82) is 0 Å². The molecule has 0 aromatic heterocycles. The van der Waals surface area contributed by atoms with E-state index < -0.39 is 23.3 Å². The minimum atomic E-state index is -1.42. The van der Waals surface area contributed by atoms with Gasteiger partial charge in [-0.2, -0.15) is 0 Å². The predicted molar refractivity (Wildman–Crippen MR) is 75.6 cm³/mol. The first-order valence-corrected chi connectivity index (χ1v) is 7.07. The zero-order chi connectivity index (χ0) is 15.0. The summed E-state index contributed by atoms with van der Waals surface area (Å²) >= 11 is 3.00. The quantitative estimate of drug-likeness (QED) is 0.893. The molecule has 0 radical (unpaired) electrons. The van der Waals surface area contributed by atoms with E-state index >= 15 is 0 Å². The Kier molecular flexibility index (Phi) is 3.82. The molecule has 2 aromatic carbocycles. The minimum absolute atomic E-state index is 0.274. The number of ether oxygens (including phenoxy) is 2. The molecule has 0 fully saturated rings. The van der Waals surface area contributed by atoms with Crippen molar-refractivity contribution < 1.29 is 23.4 Å². The van der Waals surface area contributed by atoms with E-state index in [4.69, 9.17) is 9.47 Å². The highest BCUT2D eigenvalue weighted by molar-refractivity contribution is 9.10. The first-order chi connectivity index (χ1) is 10.1. The van der Waals surface area contributed by atoms with Gasteiger partial charge in [0.25, 0.3) is 0 Å². The number of rotatable bonds is 2. The molecule has 6 heteroatoms. The van der Waals surface area contributed by atoms with Gasteiger partial charge in [-0.05, 0) is 29.8 Å². The van der Waals surface area contributed by atoms with Crippen LogP contribution in [0.1, 0.15) is 17.2 Å². The summed E-state index contributed by atoms with van der Waals surface area (Å²) in [6.45, 7) is 0.846. The normalized spacial score (nSPS) is 14.9. The van der Waals surface area contributed by atoms with Gasteiger partial charge in [0.15, 0.2) is 11.5 Å². The predicted octanol–water partition coefficient (Wildman–Crippen LogP) is 3.58. The minimum Gasteiger partial charge on any atom is -0.486 e. The van der Waals surface area contributed by atoms with Crippen molar-refractivity contribution in [1.82, 2.24) is 0 Å². The average Bonchev–Trinajstić information content (AvgIpc) is 2.45. The summed E-state index contributed by atoms with van der Waals surface area (Å²) in [5.41, 5.74) is -0.0609. The first kappa shape index (κ1) is 14.3. The van der Waals surface area contributed by atoms with E-state index in [1.54, 1.807) is 12.1 Å². The van der Waals surface area contributed by atoms with Gasteiger partial charge in [-0.1, -0.05) is 22.0 Å². The molecule has 21 heavy (non-hydrogen) atoms. The van der Waals surface area contributed by atoms with Crippen LogP contribution in [0.5, 0.6) is 11.5 Å². The first-order valence-electron chi connectivity index (χ1n) is 6.28. The van der Waals surface area contributed by atoms with E-state index in [0.29, 0.717) is 30.3 Å². The average molecular weight is 357 g/mol. The van der Waals surface area contributed by atoms with E-state index in [2.05, 4.69) is 15.9 Å². The fraction of sp³-hybridized carbons (Fsp3) is 0.200. The van der Waals surface area contributed by atoms with Gasteiger partial charge in [0.05, 0.1) is 5.56 Å². The van der Waals surface area contributed by atoms with Gasteiger partial charge < -0.3 is 14.6 Å². The smallest absolute Gasteiger partial charge is 0.161 e. The molecule has 2 aromatic rings. The standard InChI is InChI=1S/C15H11BrF2O3/c16-9-6-10(17)14(11(18)7-9)15(19)8-1-2-12-13(5-8)21-4-3-20-12/h1-2,5-7,15,19H,3-4H2. The molecule has 1 N–H and O–H groups in total. The largest absolute Gasteiger partial charge is 0.486 e. The molecule has 0 spiro atoms. The van der Waals surface area contributed by atoms with Crippen LogP contribution in [0.4, 0.5) is 8.78 Å². The van der Waals surface area contributed by atoms with Gasteiger partial charge in [0.1, 0.15) is 31.0 Å². The number of hydrogen-bond donors (Lipinski definition) is 1. The Morgan fingerprint density at radius 2 is 1.62 bits per heavy atom. The second-order valence-electron chi connectivity index (χ2n) is 4.59. The molecular weight excluding hydrogens is 346 g/mol. The molecule has 1 unspecified atom stereocenters. The highest BCUT2D eigenvalue weighted by Crippen LogP contribution is 2.36. The molecule has 1 aliphatic rings. The Hall–Kier alpha value is -1.66. The van der Waals surface area contributed by atoms with Gasteiger partial charge in [-0.3, -0.25) is 0 Å². The summed E-state index contributed by atoms with van der Waals surface area (Å²) in [5, 5.41) is 10.3. The lowest BCUT2D eigenvalue weighted by molar-refractivity contribution is 0.169. The van der Waals surface area contributed by atoms with Crippen LogP contribution >= 0.6 is 15.9 Å². The third kappa shape index (κ3) is 2.73. The molecular formula is C15H11BrF2O3.